The van der Waals surface area contributed by atoms with Crippen LogP contribution in [-0.4, -0.2) is 50.3 Å². The van der Waals surface area contributed by atoms with Crippen molar-refractivity contribution in [2.75, 3.05) is 33.4 Å². The summed E-state index contributed by atoms with van der Waals surface area (Å²) in [5, 5.41) is 0. The molecule has 0 bridgehead atoms. The van der Waals surface area contributed by atoms with Crippen molar-refractivity contribution in [2.24, 2.45) is 0 Å². The first-order chi connectivity index (χ1) is 13.7. The molecule has 146 valence electrons. The lowest BCUT2D eigenvalue weighted by Crippen LogP contribution is -2.41. The molecule has 1 atom stereocenters. The summed E-state index contributed by atoms with van der Waals surface area (Å²) in [6, 6.07) is 13.2. The Kier molecular flexibility index (Phi) is 5.37. The molecule has 0 spiro atoms. The number of ether oxygens (including phenoxy) is 4. The van der Waals surface area contributed by atoms with Gasteiger partial charge in [-0.2, -0.15) is 0 Å². The van der Waals surface area contributed by atoms with Crippen LogP contribution in [-0.2, 0) is 4.79 Å². The molecular formula is C22H23NO5. The first-order valence-corrected chi connectivity index (χ1v) is 9.40. The number of fused-ring (bicyclic) bond motifs is 2. The summed E-state index contributed by atoms with van der Waals surface area (Å²) >= 11 is 0. The molecule has 1 unspecified atom stereocenters. The fraction of sp³-hybridized carbons (Fsp3) is 0.318. The van der Waals surface area contributed by atoms with E-state index >= 15 is 0 Å². The first-order valence-electron chi connectivity index (χ1n) is 9.40. The van der Waals surface area contributed by atoms with E-state index in [-0.39, 0.29) is 12.0 Å². The van der Waals surface area contributed by atoms with Crippen molar-refractivity contribution in [3.05, 3.63) is 54.1 Å². The minimum Gasteiger partial charge on any atom is -0.490 e. The van der Waals surface area contributed by atoms with Gasteiger partial charge >= 0.3 is 0 Å². The number of para-hydroxylation sites is 2. The highest BCUT2D eigenvalue weighted by Gasteiger charge is 2.23. The summed E-state index contributed by atoms with van der Waals surface area (Å²) in [6.45, 7) is 2.15. The predicted octanol–water partition coefficient (Wildman–Crippen LogP) is 3.16. The molecule has 2 aliphatic heterocycles. The second-order valence-electron chi connectivity index (χ2n) is 6.81. The van der Waals surface area contributed by atoms with Gasteiger partial charge in [0.2, 0.25) is 5.91 Å². The van der Waals surface area contributed by atoms with E-state index in [1.165, 1.54) is 0 Å². The van der Waals surface area contributed by atoms with Crippen molar-refractivity contribution >= 4 is 12.0 Å². The number of carbonyl (C=O) groups is 1. The van der Waals surface area contributed by atoms with Gasteiger partial charge < -0.3 is 23.8 Å². The molecule has 28 heavy (non-hydrogen) atoms. The molecule has 2 aromatic rings. The van der Waals surface area contributed by atoms with Crippen LogP contribution in [0, 0.1) is 0 Å². The van der Waals surface area contributed by atoms with Gasteiger partial charge in [-0.15, -0.1) is 0 Å². The highest BCUT2D eigenvalue weighted by molar-refractivity contribution is 5.91. The molecule has 6 nitrogen and oxygen atoms in total. The number of hydrogen-bond donors (Lipinski definition) is 0. The quantitative estimate of drug-likeness (QED) is 0.762. The normalized spacial score (nSPS) is 17.8. The summed E-state index contributed by atoms with van der Waals surface area (Å²) in [4.78, 5) is 14.1. The highest BCUT2D eigenvalue weighted by atomic mass is 16.6. The third kappa shape index (κ3) is 4.22. The second-order valence-corrected chi connectivity index (χ2v) is 6.81. The predicted molar refractivity (Wildman–Crippen MR) is 105 cm³/mol. The molecule has 0 saturated carbocycles. The number of benzene rings is 2. The monoisotopic (exact) mass is 381 g/mol. The van der Waals surface area contributed by atoms with Gasteiger partial charge in [-0.25, -0.2) is 0 Å². The van der Waals surface area contributed by atoms with Crippen LogP contribution in [0.2, 0.25) is 0 Å². The van der Waals surface area contributed by atoms with Crippen molar-refractivity contribution in [2.45, 2.75) is 12.5 Å². The van der Waals surface area contributed by atoms with Gasteiger partial charge in [0.05, 0.1) is 19.8 Å². The van der Waals surface area contributed by atoms with E-state index in [1.807, 2.05) is 42.5 Å². The lowest BCUT2D eigenvalue weighted by atomic mass is 10.2. The highest BCUT2D eigenvalue weighted by Crippen LogP contribution is 2.32. The van der Waals surface area contributed by atoms with Crippen LogP contribution < -0.4 is 18.9 Å². The maximum absolute atomic E-state index is 12.5. The molecule has 0 saturated heterocycles. The van der Waals surface area contributed by atoms with Crippen molar-refractivity contribution in [3.8, 4) is 23.0 Å². The standard InChI is InChI=1S/C22H23NO5/c1-23(14-17-15-27-18-5-2-3-6-20(18)28-17)22(24)10-8-16-7-9-19-21(13-16)26-12-4-11-25-19/h2-3,5-10,13,17H,4,11-12,14-15H2,1H3/b10-8+. The van der Waals surface area contributed by atoms with Crippen LogP contribution in [0.25, 0.3) is 6.08 Å². The Balaban J connectivity index is 1.35. The van der Waals surface area contributed by atoms with Crippen molar-refractivity contribution in [1.29, 1.82) is 0 Å². The van der Waals surface area contributed by atoms with Gasteiger partial charge in [0, 0.05) is 19.5 Å². The smallest absolute Gasteiger partial charge is 0.246 e. The van der Waals surface area contributed by atoms with Crippen molar-refractivity contribution < 1.29 is 23.7 Å². The Labute approximate surface area is 164 Å². The maximum atomic E-state index is 12.5. The van der Waals surface area contributed by atoms with E-state index in [2.05, 4.69) is 0 Å². The average Bonchev–Trinajstić information content (AvgIpc) is 2.96. The molecule has 0 fully saturated rings. The summed E-state index contributed by atoms with van der Waals surface area (Å²) < 4.78 is 22.9. The van der Waals surface area contributed by atoms with Crippen LogP contribution in [0.4, 0.5) is 0 Å². The number of hydrogen-bond acceptors (Lipinski definition) is 5. The summed E-state index contributed by atoms with van der Waals surface area (Å²) in [6.07, 6.45) is 3.99. The molecule has 0 aromatic heterocycles. The Morgan fingerprint density at radius 2 is 1.79 bits per heavy atom. The van der Waals surface area contributed by atoms with Gasteiger partial charge in [-0.3, -0.25) is 4.79 Å². The SMILES string of the molecule is CN(CC1COc2ccccc2O1)C(=O)/C=C/c1ccc2c(c1)OCCCO2. The first kappa shape index (κ1) is 18.2. The van der Waals surface area contributed by atoms with Crippen LogP contribution in [0.5, 0.6) is 23.0 Å². The Morgan fingerprint density at radius 3 is 2.64 bits per heavy atom. The van der Waals surface area contributed by atoms with Gasteiger partial charge in [0.1, 0.15) is 6.61 Å². The number of nitrogens with zero attached hydrogens (tertiary/aromatic N) is 1. The zero-order valence-electron chi connectivity index (χ0n) is 15.8. The minimum atomic E-state index is -0.199. The maximum Gasteiger partial charge on any atom is 0.246 e. The Bertz CT molecular complexity index is 879. The van der Waals surface area contributed by atoms with Gasteiger partial charge in [-0.1, -0.05) is 18.2 Å². The molecule has 2 heterocycles. The lowest BCUT2D eigenvalue weighted by molar-refractivity contribution is -0.126. The van der Waals surface area contributed by atoms with Gasteiger partial charge in [0.25, 0.3) is 0 Å². The van der Waals surface area contributed by atoms with E-state index in [4.69, 9.17) is 18.9 Å². The summed E-state index contributed by atoms with van der Waals surface area (Å²) in [5.41, 5.74) is 0.886. The molecular weight excluding hydrogens is 358 g/mol. The fourth-order valence-electron chi connectivity index (χ4n) is 3.13. The molecule has 4 rings (SSSR count). The Morgan fingerprint density at radius 1 is 1.04 bits per heavy atom. The molecule has 6 heteroatoms. The van der Waals surface area contributed by atoms with E-state index < -0.39 is 0 Å². The van der Waals surface area contributed by atoms with E-state index in [9.17, 15) is 4.79 Å². The van der Waals surface area contributed by atoms with Crippen molar-refractivity contribution in [1.82, 2.24) is 4.90 Å². The van der Waals surface area contributed by atoms with Crippen LogP contribution in [0.15, 0.2) is 48.5 Å². The molecule has 1 amide bonds. The average molecular weight is 381 g/mol. The number of rotatable bonds is 4. The summed E-state index contributed by atoms with van der Waals surface area (Å²) in [5.74, 6) is 2.80. The molecule has 0 radical (unpaired) electrons. The van der Waals surface area contributed by atoms with Gasteiger partial charge in [-0.05, 0) is 35.9 Å². The Hall–Kier alpha value is -3.15. The minimum absolute atomic E-state index is 0.102. The van der Waals surface area contributed by atoms with Gasteiger partial charge in [0.15, 0.2) is 29.1 Å². The largest absolute Gasteiger partial charge is 0.490 e. The third-order valence-electron chi connectivity index (χ3n) is 4.61. The van der Waals surface area contributed by atoms with E-state index in [0.717, 1.165) is 23.5 Å². The molecule has 0 N–H and O–H groups in total. The third-order valence-corrected chi connectivity index (χ3v) is 4.61. The number of carbonyl (C=O) groups excluding carboxylic acids is 1. The molecule has 2 aliphatic rings. The van der Waals surface area contributed by atoms with Crippen LogP contribution in [0.1, 0.15) is 12.0 Å². The number of likely N-dealkylation sites (N-methyl/N-ethyl adjacent to an activating group) is 1. The zero-order valence-corrected chi connectivity index (χ0v) is 15.8. The fourth-order valence-corrected chi connectivity index (χ4v) is 3.13. The topological polar surface area (TPSA) is 57.2 Å². The number of amides is 1. The zero-order chi connectivity index (χ0) is 19.3. The van der Waals surface area contributed by atoms with Crippen LogP contribution in [0.3, 0.4) is 0 Å². The molecule has 2 aromatic carbocycles. The molecule has 0 aliphatic carbocycles. The summed E-state index contributed by atoms with van der Waals surface area (Å²) in [7, 11) is 1.75. The van der Waals surface area contributed by atoms with E-state index in [1.54, 1.807) is 24.1 Å². The lowest BCUT2D eigenvalue weighted by Gasteiger charge is -2.29. The second kappa shape index (κ2) is 8.25. The van der Waals surface area contributed by atoms with Crippen molar-refractivity contribution in [3.63, 3.8) is 0 Å². The van der Waals surface area contributed by atoms with E-state index in [0.29, 0.717) is 37.9 Å². The van der Waals surface area contributed by atoms with Crippen LogP contribution >= 0.6 is 0 Å².